The van der Waals surface area contributed by atoms with E-state index in [9.17, 15) is 19.7 Å². The fourth-order valence-electron chi connectivity index (χ4n) is 3.38. The number of aromatic nitrogens is 2. The summed E-state index contributed by atoms with van der Waals surface area (Å²) in [6, 6.07) is 0.0816. The van der Waals surface area contributed by atoms with Gasteiger partial charge in [-0.25, -0.2) is 0 Å². The van der Waals surface area contributed by atoms with E-state index in [4.69, 9.17) is 0 Å². The molecule has 0 radical (unpaired) electrons. The highest BCUT2D eigenvalue weighted by Crippen LogP contribution is 2.18. The Morgan fingerprint density at radius 3 is 2.92 bits per heavy atom. The number of carbonyl (C=O) groups excluding carboxylic acids is 2. The molecule has 0 aromatic carbocycles. The SMILES string of the molecule is Cl.O=C(CCn1cc([N+](=O)[O-])cn1)N1CCCC(N2CCNCC2=O)C1. The summed E-state index contributed by atoms with van der Waals surface area (Å²) in [4.78, 5) is 38.3. The number of nitrogens with zero attached hydrogens (tertiary/aromatic N) is 5. The van der Waals surface area contributed by atoms with E-state index in [0.717, 1.165) is 19.4 Å². The monoisotopic (exact) mass is 386 g/mol. The predicted molar refractivity (Wildman–Crippen MR) is 94.9 cm³/mol. The lowest BCUT2D eigenvalue weighted by Gasteiger charge is -2.41. The summed E-state index contributed by atoms with van der Waals surface area (Å²) in [5, 5.41) is 17.6. The first-order chi connectivity index (χ1) is 12.0. The van der Waals surface area contributed by atoms with Gasteiger partial charge < -0.3 is 15.1 Å². The number of piperidine rings is 1. The molecule has 0 spiro atoms. The average Bonchev–Trinajstić information content (AvgIpc) is 3.09. The van der Waals surface area contributed by atoms with E-state index in [1.54, 1.807) is 4.90 Å². The van der Waals surface area contributed by atoms with Crippen molar-refractivity contribution >= 4 is 29.9 Å². The molecule has 1 atom stereocenters. The first kappa shape index (κ1) is 20.1. The number of halogens is 1. The van der Waals surface area contributed by atoms with Gasteiger partial charge in [-0.2, -0.15) is 5.10 Å². The summed E-state index contributed by atoms with van der Waals surface area (Å²) in [6.45, 7) is 3.39. The topological polar surface area (TPSA) is 114 Å². The Bertz CT molecular complexity index is 666. The van der Waals surface area contributed by atoms with Crippen molar-refractivity contribution in [3.8, 4) is 0 Å². The van der Waals surface area contributed by atoms with Gasteiger partial charge in [0.15, 0.2) is 0 Å². The van der Waals surface area contributed by atoms with Crippen LogP contribution < -0.4 is 5.32 Å². The van der Waals surface area contributed by atoms with Crippen molar-refractivity contribution in [3.63, 3.8) is 0 Å². The van der Waals surface area contributed by atoms with E-state index < -0.39 is 4.92 Å². The van der Waals surface area contributed by atoms with Gasteiger partial charge in [0, 0.05) is 45.2 Å². The van der Waals surface area contributed by atoms with E-state index in [1.165, 1.54) is 17.1 Å². The molecule has 11 heteroatoms. The summed E-state index contributed by atoms with van der Waals surface area (Å²) >= 11 is 0. The number of nitro groups is 1. The van der Waals surface area contributed by atoms with Crippen LogP contribution in [0.1, 0.15) is 19.3 Å². The molecule has 1 aromatic heterocycles. The first-order valence-corrected chi connectivity index (χ1v) is 8.49. The molecule has 3 rings (SSSR count). The molecule has 144 valence electrons. The maximum Gasteiger partial charge on any atom is 0.306 e. The normalized spacial score (nSPS) is 20.6. The maximum absolute atomic E-state index is 12.5. The Morgan fingerprint density at radius 1 is 1.42 bits per heavy atom. The molecule has 0 bridgehead atoms. The molecule has 0 aliphatic carbocycles. The van der Waals surface area contributed by atoms with Gasteiger partial charge in [0.1, 0.15) is 12.4 Å². The van der Waals surface area contributed by atoms with Crippen LogP contribution in [0.2, 0.25) is 0 Å². The van der Waals surface area contributed by atoms with Crippen molar-refractivity contribution in [1.82, 2.24) is 24.9 Å². The van der Waals surface area contributed by atoms with Crippen LogP contribution in [0.5, 0.6) is 0 Å². The van der Waals surface area contributed by atoms with Gasteiger partial charge in [-0.05, 0) is 12.8 Å². The number of hydrogen-bond acceptors (Lipinski definition) is 6. The molecular formula is C15H23ClN6O4. The Hall–Kier alpha value is -2.20. The number of rotatable bonds is 5. The molecule has 3 heterocycles. The summed E-state index contributed by atoms with van der Waals surface area (Å²) in [6.07, 6.45) is 4.53. The number of piperazine rings is 1. The van der Waals surface area contributed by atoms with Crippen LogP contribution in [0.4, 0.5) is 5.69 Å². The highest BCUT2D eigenvalue weighted by molar-refractivity contribution is 5.85. The van der Waals surface area contributed by atoms with Crippen LogP contribution >= 0.6 is 12.4 Å². The highest BCUT2D eigenvalue weighted by atomic mass is 35.5. The lowest BCUT2D eigenvalue weighted by atomic mass is 10.0. The maximum atomic E-state index is 12.5. The minimum absolute atomic E-state index is 0. The molecule has 1 N–H and O–H groups in total. The molecule has 0 saturated carbocycles. The Labute approximate surface area is 157 Å². The summed E-state index contributed by atoms with van der Waals surface area (Å²) in [5.41, 5.74) is -0.0808. The van der Waals surface area contributed by atoms with Gasteiger partial charge in [0.25, 0.3) is 0 Å². The Morgan fingerprint density at radius 2 is 2.23 bits per heavy atom. The molecule has 1 unspecified atom stereocenters. The zero-order chi connectivity index (χ0) is 17.8. The van der Waals surface area contributed by atoms with E-state index >= 15 is 0 Å². The van der Waals surface area contributed by atoms with Gasteiger partial charge >= 0.3 is 5.69 Å². The van der Waals surface area contributed by atoms with Gasteiger partial charge in [0.2, 0.25) is 11.8 Å². The third-order valence-electron chi connectivity index (χ3n) is 4.70. The molecule has 26 heavy (non-hydrogen) atoms. The lowest BCUT2D eigenvalue weighted by molar-refractivity contribution is -0.385. The van der Waals surface area contributed by atoms with Crippen molar-refractivity contribution in [2.75, 3.05) is 32.7 Å². The number of aryl methyl sites for hydroxylation is 1. The van der Waals surface area contributed by atoms with Crippen LogP contribution in [0, 0.1) is 10.1 Å². The van der Waals surface area contributed by atoms with E-state index in [2.05, 4.69) is 10.4 Å². The standard InChI is InChI=1S/C15H22N6O4.ClH/c22-14(3-6-19-11-13(8-17-19)21(24)25)18-5-1-2-12(10-18)20-7-4-16-9-15(20)23;/h8,11-12,16H,1-7,9-10H2;1H. The number of nitrogens with one attached hydrogen (secondary N) is 1. The number of carbonyl (C=O) groups is 2. The smallest absolute Gasteiger partial charge is 0.306 e. The summed E-state index contributed by atoms with van der Waals surface area (Å²) in [7, 11) is 0. The van der Waals surface area contributed by atoms with Crippen molar-refractivity contribution in [3.05, 3.63) is 22.5 Å². The first-order valence-electron chi connectivity index (χ1n) is 8.49. The molecular weight excluding hydrogens is 364 g/mol. The minimum atomic E-state index is -0.509. The minimum Gasteiger partial charge on any atom is -0.341 e. The molecule has 2 aliphatic heterocycles. The van der Waals surface area contributed by atoms with Gasteiger partial charge in [-0.15, -0.1) is 12.4 Å². The van der Waals surface area contributed by atoms with E-state index in [-0.39, 0.29) is 42.4 Å². The number of amides is 2. The molecule has 1 aromatic rings. The zero-order valence-corrected chi connectivity index (χ0v) is 15.2. The zero-order valence-electron chi connectivity index (χ0n) is 14.4. The molecule has 2 aliphatic rings. The molecule has 2 fully saturated rings. The average molecular weight is 387 g/mol. The van der Waals surface area contributed by atoms with Crippen molar-refractivity contribution in [2.24, 2.45) is 0 Å². The van der Waals surface area contributed by atoms with Crippen molar-refractivity contribution in [1.29, 1.82) is 0 Å². The van der Waals surface area contributed by atoms with Crippen molar-refractivity contribution < 1.29 is 14.5 Å². The molecule has 2 saturated heterocycles. The van der Waals surface area contributed by atoms with Crippen LogP contribution in [-0.2, 0) is 16.1 Å². The van der Waals surface area contributed by atoms with Crippen molar-refractivity contribution in [2.45, 2.75) is 31.8 Å². The molecule has 10 nitrogen and oxygen atoms in total. The highest BCUT2D eigenvalue weighted by Gasteiger charge is 2.31. The van der Waals surface area contributed by atoms with Crippen LogP contribution in [0.15, 0.2) is 12.4 Å². The van der Waals surface area contributed by atoms with Gasteiger partial charge in [0.05, 0.1) is 11.5 Å². The third-order valence-corrected chi connectivity index (χ3v) is 4.70. The number of likely N-dealkylation sites (tertiary alicyclic amines) is 1. The lowest BCUT2D eigenvalue weighted by Crippen LogP contribution is -2.57. The van der Waals surface area contributed by atoms with Crippen LogP contribution in [0.3, 0.4) is 0 Å². The second kappa shape index (κ2) is 8.95. The Kier molecular flexibility index (Phi) is 6.92. The van der Waals surface area contributed by atoms with Gasteiger partial charge in [-0.1, -0.05) is 0 Å². The second-order valence-corrected chi connectivity index (χ2v) is 6.37. The second-order valence-electron chi connectivity index (χ2n) is 6.37. The number of hydrogen-bond donors (Lipinski definition) is 1. The quantitative estimate of drug-likeness (QED) is 0.564. The summed E-state index contributed by atoms with van der Waals surface area (Å²) in [5.74, 6) is 0.0832. The van der Waals surface area contributed by atoms with Crippen LogP contribution in [-0.4, -0.2) is 75.1 Å². The summed E-state index contributed by atoms with van der Waals surface area (Å²) < 4.78 is 1.41. The molecule has 2 amide bonds. The van der Waals surface area contributed by atoms with E-state index in [1.807, 2.05) is 4.90 Å². The largest absolute Gasteiger partial charge is 0.341 e. The van der Waals surface area contributed by atoms with E-state index in [0.29, 0.717) is 32.7 Å². The third kappa shape index (κ3) is 4.70. The van der Waals surface area contributed by atoms with Crippen LogP contribution in [0.25, 0.3) is 0 Å². The van der Waals surface area contributed by atoms with Gasteiger partial charge in [-0.3, -0.25) is 24.4 Å². The predicted octanol–water partition coefficient (Wildman–Crippen LogP) is 0.0260. The Balaban J connectivity index is 0.00000243. The fourth-order valence-corrected chi connectivity index (χ4v) is 3.38. The fraction of sp³-hybridized carbons (Fsp3) is 0.667.